The van der Waals surface area contributed by atoms with Crippen molar-refractivity contribution in [2.24, 2.45) is 0 Å². The Hall–Kier alpha value is -2.69. The zero-order valence-corrected chi connectivity index (χ0v) is 16.4. The molecule has 0 spiro atoms. The molecule has 0 aromatic heterocycles. The van der Waals surface area contributed by atoms with E-state index in [0.717, 1.165) is 20.8 Å². The SMILES string of the molecule is CCC(=O)N[C@@H]1[C@H](OC(C)=O)O[C@H](COC(C)=O)[C@@H](OC(C)=O)[C@@H]1OC(C)=O. The van der Waals surface area contributed by atoms with Gasteiger partial charge < -0.3 is 29.0 Å². The molecule has 0 saturated carbocycles. The second-order valence-corrected chi connectivity index (χ2v) is 6.05. The van der Waals surface area contributed by atoms with Crippen LogP contribution in [0.2, 0.25) is 0 Å². The molecule has 11 nitrogen and oxygen atoms in total. The van der Waals surface area contributed by atoms with E-state index in [9.17, 15) is 24.0 Å². The molecule has 0 bridgehead atoms. The van der Waals surface area contributed by atoms with E-state index in [2.05, 4.69) is 5.32 Å². The van der Waals surface area contributed by atoms with E-state index >= 15 is 0 Å². The molecule has 0 unspecified atom stereocenters. The van der Waals surface area contributed by atoms with Crippen molar-refractivity contribution in [3.63, 3.8) is 0 Å². The smallest absolute Gasteiger partial charge is 0.305 e. The minimum absolute atomic E-state index is 0.0885. The molecule has 1 aliphatic rings. The molecule has 28 heavy (non-hydrogen) atoms. The Morgan fingerprint density at radius 2 is 1.36 bits per heavy atom. The maximum atomic E-state index is 11.9. The monoisotopic (exact) mass is 403 g/mol. The molecule has 0 aromatic carbocycles. The van der Waals surface area contributed by atoms with Crippen LogP contribution in [0.1, 0.15) is 41.0 Å². The van der Waals surface area contributed by atoms with Crippen LogP contribution in [0.4, 0.5) is 0 Å². The standard InChI is InChI=1S/C17H25NO10/c1-6-13(23)18-14-16(26-10(4)21)15(25-9(3)20)12(7-24-8(2)19)28-17(14)27-11(5)22/h12,14-17H,6-7H2,1-5H3,(H,18,23)/t12-,14+,15-,16-,17-/m1/s1. The maximum Gasteiger partial charge on any atom is 0.305 e. The Balaban J connectivity index is 3.31. The van der Waals surface area contributed by atoms with Crippen LogP contribution in [-0.2, 0) is 47.7 Å². The average molecular weight is 403 g/mol. The van der Waals surface area contributed by atoms with E-state index in [4.69, 9.17) is 23.7 Å². The van der Waals surface area contributed by atoms with Crippen LogP contribution in [0, 0.1) is 0 Å². The number of rotatable bonds is 7. The number of hydrogen-bond donors (Lipinski definition) is 1. The second kappa shape index (κ2) is 10.6. The first-order valence-corrected chi connectivity index (χ1v) is 8.65. The lowest BCUT2D eigenvalue weighted by Crippen LogP contribution is -2.66. The van der Waals surface area contributed by atoms with Crippen molar-refractivity contribution >= 4 is 29.8 Å². The maximum absolute atomic E-state index is 11.9. The van der Waals surface area contributed by atoms with Crippen LogP contribution in [0.3, 0.4) is 0 Å². The lowest BCUT2D eigenvalue weighted by atomic mass is 9.96. The van der Waals surface area contributed by atoms with Crippen LogP contribution < -0.4 is 5.32 Å². The van der Waals surface area contributed by atoms with Gasteiger partial charge in [0.05, 0.1) is 0 Å². The first-order chi connectivity index (χ1) is 13.0. The van der Waals surface area contributed by atoms with Crippen molar-refractivity contribution in [2.75, 3.05) is 6.61 Å². The molecule has 1 amide bonds. The van der Waals surface area contributed by atoms with Gasteiger partial charge in [0.1, 0.15) is 18.8 Å². The molecule has 11 heteroatoms. The number of hydrogen-bond acceptors (Lipinski definition) is 10. The highest BCUT2D eigenvalue weighted by Crippen LogP contribution is 2.28. The number of ether oxygens (including phenoxy) is 5. The van der Waals surface area contributed by atoms with Crippen LogP contribution in [0.25, 0.3) is 0 Å². The molecule has 1 N–H and O–H groups in total. The van der Waals surface area contributed by atoms with E-state index in [1.54, 1.807) is 6.92 Å². The van der Waals surface area contributed by atoms with E-state index in [-0.39, 0.29) is 13.0 Å². The summed E-state index contributed by atoms with van der Waals surface area (Å²) in [5, 5.41) is 2.55. The van der Waals surface area contributed by atoms with E-state index < -0.39 is 60.4 Å². The molecular weight excluding hydrogens is 378 g/mol. The van der Waals surface area contributed by atoms with Crippen molar-refractivity contribution in [1.29, 1.82) is 0 Å². The minimum atomic E-state index is -1.37. The van der Waals surface area contributed by atoms with Gasteiger partial charge >= 0.3 is 23.9 Å². The summed E-state index contributed by atoms with van der Waals surface area (Å²) in [4.78, 5) is 57.8. The Morgan fingerprint density at radius 1 is 0.821 bits per heavy atom. The van der Waals surface area contributed by atoms with Crippen molar-refractivity contribution in [3.8, 4) is 0 Å². The largest absolute Gasteiger partial charge is 0.463 e. The molecule has 1 aliphatic heterocycles. The lowest BCUT2D eigenvalue weighted by molar-refractivity contribution is -0.271. The van der Waals surface area contributed by atoms with Crippen LogP contribution in [-0.4, -0.2) is 67.0 Å². The predicted molar refractivity (Wildman–Crippen MR) is 90.4 cm³/mol. The topological polar surface area (TPSA) is 144 Å². The van der Waals surface area contributed by atoms with Crippen molar-refractivity contribution in [3.05, 3.63) is 0 Å². The number of esters is 4. The Kier molecular flexibility index (Phi) is 8.83. The Morgan fingerprint density at radius 3 is 1.82 bits per heavy atom. The summed E-state index contributed by atoms with van der Waals surface area (Å²) < 4.78 is 26.1. The molecule has 1 fully saturated rings. The predicted octanol–water partition coefficient (Wildman–Crippen LogP) is -0.404. The fourth-order valence-corrected chi connectivity index (χ4v) is 2.61. The number of amides is 1. The van der Waals surface area contributed by atoms with E-state index in [0.29, 0.717) is 0 Å². The van der Waals surface area contributed by atoms with Gasteiger partial charge in [-0.1, -0.05) is 6.92 Å². The molecule has 1 heterocycles. The van der Waals surface area contributed by atoms with Crippen LogP contribution >= 0.6 is 0 Å². The molecule has 0 radical (unpaired) electrons. The van der Waals surface area contributed by atoms with Gasteiger partial charge in [-0.05, 0) is 0 Å². The summed E-state index contributed by atoms with van der Waals surface area (Å²) in [6.07, 6.45) is -4.88. The number of carbonyl (C=O) groups is 5. The van der Waals surface area contributed by atoms with Gasteiger partial charge in [-0.2, -0.15) is 0 Å². The third-order valence-corrected chi connectivity index (χ3v) is 3.63. The van der Waals surface area contributed by atoms with Crippen molar-refractivity contribution in [1.82, 2.24) is 5.32 Å². The first kappa shape index (κ1) is 23.3. The molecule has 1 rings (SSSR count). The fraction of sp³-hybridized carbons (Fsp3) is 0.706. The van der Waals surface area contributed by atoms with Crippen molar-refractivity contribution < 1.29 is 47.7 Å². The van der Waals surface area contributed by atoms with Crippen LogP contribution in [0.5, 0.6) is 0 Å². The highest BCUT2D eigenvalue weighted by molar-refractivity contribution is 5.76. The highest BCUT2D eigenvalue weighted by atomic mass is 16.7. The zero-order chi connectivity index (χ0) is 21.4. The van der Waals surface area contributed by atoms with Crippen LogP contribution in [0.15, 0.2) is 0 Å². The quantitative estimate of drug-likeness (QED) is 0.440. The Labute approximate surface area is 161 Å². The summed E-state index contributed by atoms with van der Waals surface area (Å²) in [6.45, 7) is 5.78. The molecule has 0 aromatic rings. The summed E-state index contributed by atoms with van der Waals surface area (Å²) in [5.74, 6) is -3.24. The van der Waals surface area contributed by atoms with E-state index in [1.807, 2.05) is 0 Å². The molecular formula is C17H25NO10. The Bertz CT molecular complexity index is 619. The van der Waals surface area contributed by atoms with Crippen molar-refractivity contribution in [2.45, 2.75) is 71.7 Å². The highest BCUT2D eigenvalue weighted by Gasteiger charge is 2.52. The summed E-state index contributed by atoms with van der Waals surface area (Å²) in [7, 11) is 0. The van der Waals surface area contributed by atoms with Gasteiger partial charge in [-0.15, -0.1) is 0 Å². The normalized spacial score (nSPS) is 26.5. The molecule has 0 aliphatic carbocycles. The lowest BCUT2D eigenvalue weighted by Gasteiger charge is -2.44. The van der Waals surface area contributed by atoms with Gasteiger partial charge in [0.15, 0.2) is 12.2 Å². The van der Waals surface area contributed by atoms with Gasteiger partial charge in [0.25, 0.3) is 0 Å². The number of nitrogens with one attached hydrogen (secondary N) is 1. The summed E-state index contributed by atoms with van der Waals surface area (Å²) >= 11 is 0. The minimum Gasteiger partial charge on any atom is -0.463 e. The summed E-state index contributed by atoms with van der Waals surface area (Å²) in [6, 6.07) is -1.15. The van der Waals surface area contributed by atoms with Gasteiger partial charge in [0, 0.05) is 34.1 Å². The second-order valence-electron chi connectivity index (χ2n) is 6.05. The molecule has 5 atom stereocenters. The zero-order valence-electron chi connectivity index (χ0n) is 16.4. The van der Waals surface area contributed by atoms with Gasteiger partial charge in [-0.3, -0.25) is 24.0 Å². The summed E-state index contributed by atoms with van der Waals surface area (Å²) in [5.41, 5.74) is 0. The molecule has 158 valence electrons. The van der Waals surface area contributed by atoms with E-state index in [1.165, 1.54) is 6.92 Å². The average Bonchev–Trinajstić information content (AvgIpc) is 2.56. The van der Waals surface area contributed by atoms with Gasteiger partial charge in [-0.25, -0.2) is 0 Å². The fourth-order valence-electron chi connectivity index (χ4n) is 2.61. The molecule has 1 saturated heterocycles. The third-order valence-electron chi connectivity index (χ3n) is 3.63. The van der Waals surface area contributed by atoms with Gasteiger partial charge in [0.2, 0.25) is 12.2 Å². The first-order valence-electron chi connectivity index (χ1n) is 8.65. The third kappa shape index (κ3) is 7.14. The number of carbonyl (C=O) groups excluding carboxylic acids is 5.